The second kappa shape index (κ2) is 6.78. The van der Waals surface area contributed by atoms with E-state index < -0.39 is 5.97 Å². The lowest BCUT2D eigenvalue weighted by atomic mass is 10.2. The molecule has 1 heterocycles. The zero-order valence-electron chi connectivity index (χ0n) is 13.2. The minimum absolute atomic E-state index is 0.136. The lowest BCUT2D eigenvalue weighted by Crippen LogP contribution is -2.17. The van der Waals surface area contributed by atoms with Crippen molar-refractivity contribution in [2.24, 2.45) is 4.99 Å². The number of aliphatic imine (C=N–C) groups is 1. The van der Waals surface area contributed by atoms with Crippen molar-refractivity contribution in [3.63, 3.8) is 0 Å². The molecule has 2 aromatic carbocycles. The molecule has 7 heteroatoms. The summed E-state index contributed by atoms with van der Waals surface area (Å²) >= 11 is 5.97. The van der Waals surface area contributed by atoms with Crippen LogP contribution in [0.1, 0.15) is 21.6 Å². The number of nitrogens with one attached hydrogen (secondary N) is 1. The third kappa shape index (κ3) is 3.54. The summed E-state index contributed by atoms with van der Waals surface area (Å²) in [6.45, 7) is 1.76. The average molecular weight is 356 g/mol. The van der Waals surface area contributed by atoms with E-state index in [9.17, 15) is 9.59 Å². The Bertz CT molecular complexity index is 1030. The summed E-state index contributed by atoms with van der Waals surface area (Å²) in [5.74, 6) is -1.03. The van der Waals surface area contributed by atoms with Crippen LogP contribution in [0.25, 0.3) is 5.69 Å². The molecule has 3 aromatic rings. The first-order valence-electron chi connectivity index (χ1n) is 7.40. The monoisotopic (exact) mass is 355 g/mol. The van der Waals surface area contributed by atoms with Gasteiger partial charge in [-0.2, -0.15) is 0 Å². The van der Waals surface area contributed by atoms with Crippen LogP contribution in [0.4, 0.5) is 5.69 Å². The van der Waals surface area contributed by atoms with Gasteiger partial charge in [0.15, 0.2) is 0 Å². The van der Waals surface area contributed by atoms with E-state index in [-0.39, 0.29) is 11.1 Å². The number of nitrogens with zero attached hydrogens (tertiary/aromatic N) is 2. The van der Waals surface area contributed by atoms with Gasteiger partial charge in [-0.3, -0.25) is 14.9 Å². The van der Waals surface area contributed by atoms with Gasteiger partial charge in [0, 0.05) is 16.9 Å². The molecule has 0 radical (unpaired) electrons. The van der Waals surface area contributed by atoms with Crippen LogP contribution < -0.4 is 5.56 Å². The van der Waals surface area contributed by atoms with E-state index in [1.807, 2.05) is 0 Å². The van der Waals surface area contributed by atoms with Crippen LogP contribution in [0.15, 0.2) is 58.3 Å². The Hall–Kier alpha value is -3.12. The molecule has 0 atom stereocenters. The Labute approximate surface area is 148 Å². The van der Waals surface area contributed by atoms with E-state index in [2.05, 4.69) is 10.1 Å². The predicted molar refractivity (Wildman–Crippen MR) is 96.8 cm³/mol. The quantitative estimate of drug-likeness (QED) is 0.701. The Kier molecular flexibility index (Phi) is 4.54. The Morgan fingerprint density at radius 3 is 2.72 bits per heavy atom. The molecule has 0 saturated carbocycles. The summed E-state index contributed by atoms with van der Waals surface area (Å²) in [6.07, 6.45) is 1.43. The van der Waals surface area contributed by atoms with Crippen LogP contribution in [0.2, 0.25) is 5.02 Å². The molecule has 0 spiro atoms. The largest absolute Gasteiger partial charge is 0.478 e. The summed E-state index contributed by atoms with van der Waals surface area (Å²) in [4.78, 5) is 27.8. The van der Waals surface area contributed by atoms with Crippen LogP contribution in [-0.2, 0) is 0 Å². The number of aromatic amines is 1. The second-order valence-corrected chi connectivity index (χ2v) is 5.82. The Morgan fingerprint density at radius 2 is 2.00 bits per heavy atom. The van der Waals surface area contributed by atoms with Crippen molar-refractivity contribution in [3.8, 4) is 5.69 Å². The van der Waals surface area contributed by atoms with Gasteiger partial charge in [0.1, 0.15) is 0 Å². The van der Waals surface area contributed by atoms with E-state index in [4.69, 9.17) is 16.7 Å². The molecule has 0 aliphatic carbocycles. The maximum atomic E-state index is 12.6. The van der Waals surface area contributed by atoms with Crippen molar-refractivity contribution < 1.29 is 9.90 Å². The molecule has 6 nitrogen and oxygen atoms in total. The van der Waals surface area contributed by atoms with Gasteiger partial charge in [-0.05, 0) is 43.3 Å². The predicted octanol–water partition coefficient (Wildman–Crippen LogP) is 3.58. The minimum atomic E-state index is -1.03. The Morgan fingerprint density at radius 1 is 1.24 bits per heavy atom. The first kappa shape index (κ1) is 16.7. The molecule has 0 amide bonds. The van der Waals surface area contributed by atoms with Crippen molar-refractivity contribution in [1.29, 1.82) is 0 Å². The van der Waals surface area contributed by atoms with E-state index in [1.165, 1.54) is 23.0 Å². The lowest BCUT2D eigenvalue weighted by Gasteiger charge is -2.01. The van der Waals surface area contributed by atoms with Crippen LogP contribution in [0.3, 0.4) is 0 Å². The van der Waals surface area contributed by atoms with Crippen LogP contribution in [0, 0.1) is 6.92 Å². The molecular weight excluding hydrogens is 342 g/mol. The summed E-state index contributed by atoms with van der Waals surface area (Å²) < 4.78 is 1.39. The van der Waals surface area contributed by atoms with E-state index in [0.29, 0.717) is 27.7 Å². The molecule has 3 rings (SSSR count). The van der Waals surface area contributed by atoms with Gasteiger partial charge in [0.05, 0.1) is 22.5 Å². The number of aromatic nitrogens is 2. The zero-order chi connectivity index (χ0) is 18.0. The number of carbonyl (C=O) groups is 1. The first-order chi connectivity index (χ1) is 12.0. The van der Waals surface area contributed by atoms with E-state index in [0.717, 1.165) is 0 Å². The summed E-state index contributed by atoms with van der Waals surface area (Å²) in [7, 11) is 0. The van der Waals surface area contributed by atoms with Crippen LogP contribution >= 0.6 is 11.6 Å². The molecule has 0 aliphatic heterocycles. The highest BCUT2D eigenvalue weighted by atomic mass is 35.5. The maximum Gasteiger partial charge on any atom is 0.335 e. The number of carboxylic acid groups (broad SMARTS) is 1. The van der Waals surface area contributed by atoms with Gasteiger partial charge < -0.3 is 5.11 Å². The number of hydrogen-bond acceptors (Lipinski definition) is 3. The van der Waals surface area contributed by atoms with Crippen molar-refractivity contribution in [3.05, 3.63) is 80.7 Å². The fourth-order valence-corrected chi connectivity index (χ4v) is 2.55. The van der Waals surface area contributed by atoms with Gasteiger partial charge in [-0.1, -0.05) is 23.7 Å². The SMILES string of the molecule is Cc1[nH]n(-c2cccc(Cl)c2)c(=O)c1C=Nc1cccc(C(=O)O)c1. The molecule has 0 aliphatic rings. The van der Waals surface area contributed by atoms with Gasteiger partial charge in [-0.15, -0.1) is 0 Å². The summed E-state index contributed by atoms with van der Waals surface area (Å²) in [5.41, 5.74) is 1.97. The topological polar surface area (TPSA) is 87.5 Å². The molecule has 25 heavy (non-hydrogen) atoms. The van der Waals surface area contributed by atoms with E-state index in [1.54, 1.807) is 43.3 Å². The smallest absolute Gasteiger partial charge is 0.335 e. The second-order valence-electron chi connectivity index (χ2n) is 5.38. The maximum absolute atomic E-state index is 12.6. The molecular formula is C18H14ClN3O3. The van der Waals surface area contributed by atoms with Crippen molar-refractivity contribution in [2.75, 3.05) is 0 Å². The van der Waals surface area contributed by atoms with Crippen LogP contribution in [-0.4, -0.2) is 27.1 Å². The average Bonchev–Trinajstić information content (AvgIpc) is 2.87. The normalized spacial score (nSPS) is 11.1. The molecule has 1 aromatic heterocycles. The highest BCUT2D eigenvalue weighted by Gasteiger charge is 2.11. The fraction of sp³-hybridized carbons (Fsp3) is 0.0556. The number of H-pyrrole nitrogens is 1. The minimum Gasteiger partial charge on any atom is -0.478 e. The lowest BCUT2D eigenvalue weighted by molar-refractivity contribution is 0.0697. The summed E-state index contributed by atoms with van der Waals surface area (Å²) in [6, 6.07) is 13.1. The number of halogens is 1. The highest BCUT2D eigenvalue weighted by Crippen LogP contribution is 2.16. The Balaban J connectivity index is 1.98. The number of benzene rings is 2. The first-order valence-corrected chi connectivity index (χ1v) is 7.78. The van der Waals surface area contributed by atoms with Crippen molar-refractivity contribution in [2.45, 2.75) is 6.92 Å². The third-order valence-electron chi connectivity index (χ3n) is 3.62. The number of rotatable bonds is 4. The molecule has 0 unspecified atom stereocenters. The molecule has 0 bridgehead atoms. The number of aryl methyl sites for hydroxylation is 1. The molecule has 0 fully saturated rings. The van der Waals surface area contributed by atoms with Crippen molar-refractivity contribution >= 4 is 29.5 Å². The van der Waals surface area contributed by atoms with E-state index >= 15 is 0 Å². The third-order valence-corrected chi connectivity index (χ3v) is 3.85. The highest BCUT2D eigenvalue weighted by molar-refractivity contribution is 6.30. The number of aromatic carboxylic acids is 1. The van der Waals surface area contributed by atoms with Crippen LogP contribution in [0.5, 0.6) is 0 Å². The summed E-state index contributed by atoms with van der Waals surface area (Å²) in [5, 5.41) is 12.5. The van der Waals surface area contributed by atoms with Crippen molar-refractivity contribution in [1.82, 2.24) is 9.78 Å². The van der Waals surface area contributed by atoms with Gasteiger partial charge in [-0.25, -0.2) is 9.48 Å². The van der Waals surface area contributed by atoms with Gasteiger partial charge in [0.2, 0.25) is 0 Å². The van der Waals surface area contributed by atoms with Gasteiger partial charge in [0.25, 0.3) is 5.56 Å². The molecule has 0 saturated heterocycles. The number of carboxylic acids is 1. The zero-order valence-corrected chi connectivity index (χ0v) is 14.0. The molecule has 2 N–H and O–H groups in total. The van der Waals surface area contributed by atoms with Gasteiger partial charge >= 0.3 is 5.97 Å². The standard InChI is InChI=1S/C18H14ClN3O3/c1-11-16(10-20-14-6-2-4-12(8-14)18(24)25)17(23)22(21-11)15-7-3-5-13(19)9-15/h2-10,21H,1H3,(H,24,25). The molecule has 126 valence electrons. The number of hydrogen-bond donors (Lipinski definition) is 2. The fourth-order valence-electron chi connectivity index (χ4n) is 2.37.